The molecule has 0 aliphatic carbocycles. The van der Waals surface area contributed by atoms with Gasteiger partial charge in [0.2, 0.25) is 16.8 Å². The molecular weight excluding hydrogens is 344 g/mol. The summed E-state index contributed by atoms with van der Waals surface area (Å²) in [7, 11) is 1.93. The third-order valence-electron chi connectivity index (χ3n) is 4.54. The molecule has 0 spiro atoms. The zero-order valence-corrected chi connectivity index (χ0v) is 14.5. The fourth-order valence-electron chi connectivity index (χ4n) is 3.30. The molecule has 132 valence electrons. The second kappa shape index (κ2) is 6.49. The number of ether oxygens (including phenoxy) is 1. The Morgan fingerprint density at radius 1 is 0.889 bits per heavy atom. The fourth-order valence-corrected chi connectivity index (χ4v) is 3.30. The van der Waals surface area contributed by atoms with Crippen molar-refractivity contribution in [3.63, 3.8) is 0 Å². The lowest BCUT2D eigenvalue weighted by molar-refractivity contribution is -0.617. The largest absolute Gasteiger partial charge is 0.416 e. The molecule has 6 nitrogen and oxygen atoms in total. The lowest BCUT2D eigenvalue weighted by Gasteiger charge is -2.10. The van der Waals surface area contributed by atoms with Crippen LogP contribution in [0.5, 0.6) is 5.75 Å². The van der Waals surface area contributed by atoms with E-state index < -0.39 is 10.9 Å². The Balaban J connectivity index is 1.94. The van der Waals surface area contributed by atoms with Crippen LogP contribution in [0.1, 0.15) is 10.4 Å². The van der Waals surface area contributed by atoms with Gasteiger partial charge in [-0.3, -0.25) is 10.1 Å². The first-order valence-electron chi connectivity index (χ1n) is 8.33. The fraction of sp³-hybridized carbons (Fsp3) is 0.0476. The maximum Gasteiger partial charge on any atom is 0.345 e. The molecule has 0 saturated heterocycles. The van der Waals surface area contributed by atoms with E-state index in [1.165, 1.54) is 18.2 Å². The number of nitro groups is 1. The van der Waals surface area contributed by atoms with Crippen molar-refractivity contribution in [1.29, 1.82) is 0 Å². The second-order valence-electron chi connectivity index (χ2n) is 6.08. The standard InChI is InChI=1S/C21H15N2O4/c1-22-16-10-4-2-8-14(16)20(15-9-3-5-11-17(15)22)21(24)27-19-13-7-6-12-18(19)23(25)26/h2-13H,1H3/q+1. The lowest BCUT2D eigenvalue weighted by Crippen LogP contribution is -2.31. The summed E-state index contributed by atoms with van der Waals surface area (Å²) in [5.74, 6) is -0.703. The first-order valence-corrected chi connectivity index (χ1v) is 8.33. The number of carbonyl (C=O) groups is 1. The number of aryl methyl sites for hydroxylation is 1. The first-order chi connectivity index (χ1) is 13.1. The summed E-state index contributed by atoms with van der Waals surface area (Å²) >= 11 is 0. The number of carbonyl (C=O) groups excluding carboxylic acids is 1. The smallest absolute Gasteiger partial charge is 0.345 e. The summed E-state index contributed by atoms with van der Waals surface area (Å²) in [5.41, 5.74) is 1.87. The van der Waals surface area contributed by atoms with Crippen LogP contribution in [-0.4, -0.2) is 10.9 Å². The predicted molar refractivity (Wildman–Crippen MR) is 101 cm³/mol. The number of nitrogens with zero attached hydrogens (tertiary/aromatic N) is 2. The number of hydrogen-bond acceptors (Lipinski definition) is 4. The normalized spacial score (nSPS) is 10.9. The van der Waals surface area contributed by atoms with Gasteiger partial charge in [0.25, 0.3) is 0 Å². The molecule has 0 atom stereocenters. The molecule has 0 saturated carbocycles. The molecule has 0 radical (unpaired) electrons. The number of benzene rings is 3. The minimum absolute atomic E-state index is 0.0751. The van der Waals surface area contributed by atoms with Crippen LogP contribution >= 0.6 is 0 Å². The molecule has 0 bridgehead atoms. The van der Waals surface area contributed by atoms with E-state index in [4.69, 9.17) is 4.74 Å². The molecule has 4 rings (SSSR count). The SMILES string of the molecule is C[n+]1c2ccccc2c(C(=O)Oc2ccccc2[N+](=O)[O-])c2ccccc21. The van der Waals surface area contributed by atoms with E-state index in [2.05, 4.69) is 0 Å². The van der Waals surface area contributed by atoms with Crippen molar-refractivity contribution in [2.75, 3.05) is 0 Å². The first kappa shape index (κ1) is 16.7. The Hall–Kier alpha value is -3.80. The van der Waals surface area contributed by atoms with Crippen molar-refractivity contribution in [3.8, 4) is 5.75 Å². The van der Waals surface area contributed by atoms with E-state index >= 15 is 0 Å². The zero-order chi connectivity index (χ0) is 19.0. The Labute approximate surface area is 154 Å². The van der Waals surface area contributed by atoms with Gasteiger partial charge in [-0.1, -0.05) is 36.4 Å². The summed E-state index contributed by atoms with van der Waals surface area (Å²) in [6.07, 6.45) is 0. The number of para-hydroxylation sites is 4. The van der Waals surface area contributed by atoms with Gasteiger partial charge in [-0.25, -0.2) is 4.79 Å². The van der Waals surface area contributed by atoms with Gasteiger partial charge in [-0.15, -0.1) is 0 Å². The highest BCUT2D eigenvalue weighted by atomic mass is 16.6. The molecule has 0 aliphatic rings. The third kappa shape index (κ3) is 2.77. The molecule has 4 aromatic rings. The minimum atomic E-state index is -0.627. The van der Waals surface area contributed by atoms with Crippen molar-refractivity contribution < 1.29 is 19.0 Å². The molecule has 0 aliphatic heterocycles. The van der Waals surface area contributed by atoms with E-state index in [0.29, 0.717) is 5.56 Å². The van der Waals surface area contributed by atoms with Crippen LogP contribution in [0, 0.1) is 10.1 Å². The summed E-state index contributed by atoms with van der Waals surface area (Å²) in [4.78, 5) is 23.7. The molecule has 0 amide bonds. The highest BCUT2D eigenvalue weighted by Crippen LogP contribution is 2.30. The van der Waals surface area contributed by atoms with Gasteiger partial charge in [0.15, 0.2) is 0 Å². The van der Waals surface area contributed by atoms with Crippen LogP contribution in [-0.2, 0) is 7.05 Å². The average molecular weight is 359 g/mol. The minimum Gasteiger partial charge on any atom is -0.416 e. The van der Waals surface area contributed by atoms with Crippen molar-refractivity contribution in [3.05, 3.63) is 88.5 Å². The van der Waals surface area contributed by atoms with Crippen LogP contribution in [0.15, 0.2) is 72.8 Å². The lowest BCUT2D eigenvalue weighted by atomic mass is 10.0. The number of fused-ring (bicyclic) bond motifs is 2. The topological polar surface area (TPSA) is 73.3 Å². The molecular formula is C21H15N2O4+. The van der Waals surface area contributed by atoms with Gasteiger partial charge < -0.3 is 4.74 Å². The Morgan fingerprint density at radius 2 is 1.41 bits per heavy atom. The molecule has 0 fully saturated rings. The van der Waals surface area contributed by atoms with E-state index in [1.807, 2.05) is 60.1 Å². The monoisotopic (exact) mass is 359 g/mol. The molecule has 1 aromatic heterocycles. The van der Waals surface area contributed by atoms with Crippen LogP contribution in [0.3, 0.4) is 0 Å². The summed E-state index contributed by atoms with van der Waals surface area (Å²) in [6, 6.07) is 20.9. The van der Waals surface area contributed by atoms with Crippen LogP contribution in [0.2, 0.25) is 0 Å². The Kier molecular flexibility index (Phi) is 4.01. The van der Waals surface area contributed by atoms with Crippen LogP contribution in [0.4, 0.5) is 5.69 Å². The maximum atomic E-state index is 13.1. The third-order valence-corrected chi connectivity index (χ3v) is 4.54. The number of esters is 1. The quantitative estimate of drug-likeness (QED) is 0.139. The van der Waals surface area contributed by atoms with Gasteiger partial charge in [0.1, 0.15) is 7.05 Å². The number of pyridine rings is 1. The van der Waals surface area contributed by atoms with Gasteiger partial charge >= 0.3 is 11.7 Å². The molecule has 0 unspecified atom stereocenters. The number of rotatable bonds is 3. The Morgan fingerprint density at radius 3 is 2.00 bits per heavy atom. The van der Waals surface area contributed by atoms with Gasteiger partial charge in [0.05, 0.1) is 21.3 Å². The summed E-state index contributed by atoms with van der Waals surface area (Å²) < 4.78 is 7.47. The maximum absolute atomic E-state index is 13.1. The van der Waals surface area contributed by atoms with Gasteiger partial charge in [-0.2, -0.15) is 4.57 Å². The zero-order valence-electron chi connectivity index (χ0n) is 14.5. The van der Waals surface area contributed by atoms with Gasteiger partial charge in [-0.05, 0) is 18.2 Å². The van der Waals surface area contributed by atoms with E-state index in [0.717, 1.165) is 21.8 Å². The molecule has 1 heterocycles. The van der Waals surface area contributed by atoms with Crippen molar-refractivity contribution in [2.24, 2.45) is 7.05 Å². The number of nitro benzene ring substituents is 1. The van der Waals surface area contributed by atoms with E-state index in [9.17, 15) is 14.9 Å². The molecule has 3 aromatic carbocycles. The molecule has 27 heavy (non-hydrogen) atoms. The summed E-state index contributed by atoms with van der Waals surface area (Å²) in [6.45, 7) is 0. The molecule has 6 heteroatoms. The highest BCUT2D eigenvalue weighted by Gasteiger charge is 2.25. The van der Waals surface area contributed by atoms with Crippen molar-refractivity contribution in [2.45, 2.75) is 0 Å². The van der Waals surface area contributed by atoms with Crippen LogP contribution in [0.25, 0.3) is 21.8 Å². The van der Waals surface area contributed by atoms with Gasteiger partial charge in [0, 0.05) is 18.2 Å². The highest BCUT2D eigenvalue weighted by molar-refractivity contribution is 6.13. The van der Waals surface area contributed by atoms with Crippen molar-refractivity contribution >= 4 is 33.5 Å². The Bertz CT molecular complexity index is 1160. The predicted octanol–water partition coefficient (Wildman–Crippen LogP) is 3.94. The van der Waals surface area contributed by atoms with E-state index in [-0.39, 0.29) is 11.4 Å². The average Bonchev–Trinajstić information content (AvgIpc) is 2.68. The number of aromatic nitrogens is 1. The van der Waals surface area contributed by atoms with E-state index in [1.54, 1.807) is 6.07 Å². The second-order valence-corrected chi connectivity index (χ2v) is 6.08. The van der Waals surface area contributed by atoms with Crippen LogP contribution < -0.4 is 9.30 Å². The summed E-state index contributed by atoms with van der Waals surface area (Å²) in [5, 5.41) is 12.7. The number of hydrogen-bond donors (Lipinski definition) is 0. The van der Waals surface area contributed by atoms with Crippen molar-refractivity contribution in [1.82, 2.24) is 0 Å². The molecule has 0 N–H and O–H groups in total.